The molecule has 2 heterocycles. The third-order valence-electron chi connectivity index (χ3n) is 6.68. The summed E-state index contributed by atoms with van der Waals surface area (Å²) in [6.07, 6.45) is -1.24. The number of ether oxygens (including phenoxy) is 5. The first-order valence-electron chi connectivity index (χ1n) is 10.4. The van der Waals surface area contributed by atoms with Gasteiger partial charge in [0.15, 0.2) is 16.9 Å². The third kappa shape index (κ3) is 2.70. The van der Waals surface area contributed by atoms with E-state index in [1.807, 2.05) is 12.1 Å². The van der Waals surface area contributed by atoms with E-state index in [0.29, 0.717) is 28.4 Å². The second kappa shape index (κ2) is 7.95. The summed E-state index contributed by atoms with van der Waals surface area (Å²) in [7, 11) is 4.43. The van der Waals surface area contributed by atoms with Gasteiger partial charge >= 0.3 is 0 Å². The third-order valence-corrected chi connectivity index (χ3v) is 6.68. The fraction of sp³-hybridized carbons (Fsp3) is 0.360. The van der Waals surface area contributed by atoms with Gasteiger partial charge in [0, 0.05) is 12.5 Å². The van der Waals surface area contributed by atoms with Crippen LogP contribution in [0.3, 0.4) is 0 Å². The van der Waals surface area contributed by atoms with Crippen LogP contribution < -0.4 is 14.2 Å². The van der Waals surface area contributed by atoms with Gasteiger partial charge in [-0.1, -0.05) is 24.3 Å². The van der Waals surface area contributed by atoms with Crippen molar-refractivity contribution in [2.45, 2.75) is 24.7 Å². The van der Waals surface area contributed by atoms with Crippen LogP contribution in [0.4, 0.5) is 0 Å². The average Bonchev–Trinajstić information content (AvgIpc) is 3.05. The number of hydrogen-bond acceptors (Lipinski definition) is 9. The molecule has 0 spiro atoms. The molecule has 4 atom stereocenters. The highest BCUT2D eigenvalue weighted by Gasteiger charge is 2.80. The van der Waals surface area contributed by atoms with Gasteiger partial charge in [0.2, 0.25) is 17.1 Å². The van der Waals surface area contributed by atoms with Crippen LogP contribution >= 0.6 is 0 Å². The molecule has 9 heteroatoms. The van der Waals surface area contributed by atoms with E-state index in [2.05, 4.69) is 6.07 Å². The molecule has 0 amide bonds. The number of hydrogen-bond donors (Lipinski definition) is 1. The molecule has 172 valence electrons. The number of fused-ring (bicyclic) bond motifs is 2. The van der Waals surface area contributed by atoms with Crippen molar-refractivity contribution in [2.75, 3.05) is 21.3 Å². The summed E-state index contributed by atoms with van der Waals surface area (Å²) in [6, 6.07) is 18.0. The van der Waals surface area contributed by atoms with Crippen molar-refractivity contribution in [3.8, 4) is 35.5 Å². The number of nitrogens with zero attached hydrogens (tertiary/aromatic N) is 3. The maximum absolute atomic E-state index is 10.6. The zero-order chi connectivity index (χ0) is 24.7. The molecule has 4 unspecified atom stereocenters. The van der Waals surface area contributed by atoms with Crippen molar-refractivity contribution in [1.29, 1.82) is 21.2 Å². The maximum atomic E-state index is 10.6. The summed E-state index contributed by atoms with van der Waals surface area (Å²) in [5.41, 5.74) is -3.23. The van der Waals surface area contributed by atoms with Crippen LogP contribution in [0.2, 0.25) is 0 Å². The molecule has 2 aliphatic rings. The van der Waals surface area contributed by atoms with E-state index in [-0.39, 0.29) is 0 Å². The monoisotopic (exact) mass is 458 g/mol. The minimum Gasteiger partial charge on any atom is -0.496 e. The molecule has 2 aromatic carbocycles. The van der Waals surface area contributed by atoms with E-state index < -0.39 is 34.5 Å². The van der Waals surface area contributed by atoms with Gasteiger partial charge in [0.1, 0.15) is 11.9 Å². The minimum atomic E-state index is -2.14. The Kier molecular flexibility index (Phi) is 5.36. The Morgan fingerprint density at radius 3 is 2.12 bits per heavy atom. The zero-order valence-electron chi connectivity index (χ0n) is 19.1. The number of methoxy groups -OCH3 is 3. The molecule has 2 saturated heterocycles. The molecule has 0 saturated carbocycles. The fourth-order valence-corrected chi connectivity index (χ4v) is 5.17. The summed E-state index contributed by atoms with van der Waals surface area (Å²) >= 11 is 0. The van der Waals surface area contributed by atoms with Crippen molar-refractivity contribution >= 4 is 5.90 Å². The Balaban J connectivity index is 2.03. The summed E-state index contributed by atoms with van der Waals surface area (Å²) in [5.74, 6) is -1.81. The van der Waals surface area contributed by atoms with Crippen molar-refractivity contribution in [3.63, 3.8) is 0 Å². The average molecular weight is 458 g/mol. The Bertz CT molecular complexity index is 1280. The van der Waals surface area contributed by atoms with Gasteiger partial charge in [-0.05, 0) is 23.8 Å². The Morgan fingerprint density at radius 1 is 0.882 bits per heavy atom. The molecule has 2 bridgehead atoms. The van der Waals surface area contributed by atoms with E-state index in [1.54, 1.807) is 49.4 Å². The zero-order valence-corrected chi connectivity index (χ0v) is 19.1. The highest BCUT2D eigenvalue weighted by molar-refractivity contribution is 5.90. The first kappa shape index (κ1) is 22.9. The molecule has 34 heavy (non-hydrogen) atoms. The molecule has 0 aliphatic carbocycles. The van der Waals surface area contributed by atoms with Gasteiger partial charge in [-0.2, -0.15) is 15.8 Å². The van der Waals surface area contributed by atoms with Gasteiger partial charge in [0.05, 0.1) is 45.5 Å². The van der Waals surface area contributed by atoms with E-state index in [1.165, 1.54) is 21.3 Å². The van der Waals surface area contributed by atoms with Crippen molar-refractivity contribution in [1.82, 2.24) is 0 Å². The summed E-state index contributed by atoms with van der Waals surface area (Å²) in [6.45, 7) is 1.60. The normalized spacial score (nSPS) is 28.6. The molecule has 2 aliphatic heterocycles. The first-order valence-corrected chi connectivity index (χ1v) is 10.4. The molecule has 2 fully saturated rings. The summed E-state index contributed by atoms with van der Waals surface area (Å²) < 4.78 is 28.4. The van der Waals surface area contributed by atoms with Gasteiger partial charge in [0.25, 0.3) is 0 Å². The standard InChI is InChI=1S/C25H22N4O5/c1-23-20(16-7-5-6-8-17(16)30-2)25(14-28,22(29)34-23)24(12-26,13-27)21(33-23)15-9-10-18(31-3)19(11-15)32-4/h5-11,20-21,29H,1-4H3. The topological polar surface area (TPSA) is 141 Å². The quantitative estimate of drug-likeness (QED) is 0.712. The number of para-hydroxylation sites is 1. The van der Waals surface area contributed by atoms with Gasteiger partial charge in [-0.15, -0.1) is 0 Å². The van der Waals surface area contributed by atoms with E-state index in [9.17, 15) is 15.8 Å². The molecule has 4 rings (SSSR count). The Hall–Kier alpha value is -4.26. The molecular formula is C25H22N4O5. The van der Waals surface area contributed by atoms with Gasteiger partial charge in [-0.3, -0.25) is 5.41 Å². The number of nitriles is 3. The Labute approximate surface area is 197 Å². The second-order valence-corrected chi connectivity index (χ2v) is 8.19. The highest BCUT2D eigenvalue weighted by Crippen LogP contribution is 2.70. The van der Waals surface area contributed by atoms with E-state index in [4.69, 9.17) is 29.1 Å². The van der Waals surface area contributed by atoms with Gasteiger partial charge < -0.3 is 23.7 Å². The van der Waals surface area contributed by atoms with Crippen LogP contribution in [0, 0.1) is 50.2 Å². The summed E-state index contributed by atoms with van der Waals surface area (Å²) in [5, 5.41) is 40.2. The maximum Gasteiger partial charge on any atom is 0.219 e. The van der Waals surface area contributed by atoms with Crippen LogP contribution in [0.1, 0.15) is 30.1 Å². The number of benzene rings is 2. The van der Waals surface area contributed by atoms with Crippen LogP contribution in [0.5, 0.6) is 17.2 Å². The molecule has 1 N–H and O–H groups in total. The second-order valence-electron chi connectivity index (χ2n) is 8.19. The van der Waals surface area contributed by atoms with E-state index in [0.717, 1.165) is 0 Å². The molecular weight excluding hydrogens is 436 g/mol. The summed E-state index contributed by atoms with van der Waals surface area (Å²) in [4.78, 5) is 0. The van der Waals surface area contributed by atoms with Crippen molar-refractivity contribution in [3.05, 3.63) is 53.6 Å². The lowest BCUT2D eigenvalue weighted by molar-refractivity contribution is -0.253. The lowest BCUT2D eigenvalue weighted by atomic mass is 9.52. The number of nitrogens with one attached hydrogen (secondary N) is 1. The molecule has 9 nitrogen and oxygen atoms in total. The van der Waals surface area contributed by atoms with Crippen molar-refractivity contribution in [2.24, 2.45) is 10.8 Å². The smallest absolute Gasteiger partial charge is 0.219 e. The minimum absolute atomic E-state index is 0.361. The fourth-order valence-electron chi connectivity index (χ4n) is 5.17. The highest BCUT2D eigenvalue weighted by atomic mass is 16.7. The van der Waals surface area contributed by atoms with Crippen LogP contribution in [-0.4, -0.2) is 33.0 Å². The SMILES string of the molecule is COc1ccc(C2OC3(C)OC(=N)C(C#N)(C3c3ccccc3OC)C2(C#N)C#N)cc1OC. The van der Waals surface area contributed by atoms with E-state index >= 15 is 0 Å². The molecule has 0 radical (unpaired) electrons. The van der Waals surface area contributed by atoms with Crippen LogP contribution in [0.25, 0.3) is 0 Å². The first-order chi connectivity index (χ1) is 16.3. The van der Waals surface area contributed by atoms with Crippen LogP contribution in [0.15, 0.2) is 42.5 Å². The Morgan fingerprint density at radius 2 is 1.53 bits per heavy atom. The predicted octanol–water partition coefficient (Wildman–Crippen LogP) is 3.83. The van der Waals surface area contributed by atoms with Crippen LogP contribution in [-0.2, 0) is 9.47 Å². The largest absolute Gasteiger partial charge is 0.496 e. The lowest BCUT2D eigenvalue weighted by Crippen LogP contribution is -2.57. The number of rotatable bonds is 5. The van der Waals surface area contributed by atoms with Crippen molar-refractivity contribution < 1.29 is 23.7 Å². The molecule has 0 aromatic heterocycles. The lowest BCUT2D eigenvalue weighted by Gasteiger charge is -2.49. The molecule has 2 aromatic rings. The predicted molar refractivity (Wildman–Crippen MR) is 118 cm³/mol. The van der Waals surface area contributed by atoms with Gasteiger partial charge in [-0.25, -0.2) is 0 Å².